The van der Waals surface area contributed by atoms with Crippen molar-refractivity contribution < 1.29 is 9.72 Å². The van der Waals surface area contributed by atoms with Crippen LogP contribution in [-0.4, -0.2) is 26.6 Å². The summed E-state index contributed by atoms with van der Waals surface area (Å²) in [6, 6.07) is 4.35. The lowest BCUT2D eigenvalue weighted by Gasteiger charge is -2.10. The van der Waals surface area contributed by atoms with Crippen LogP contribution in [0.2, 0.25) is 5.02 Å². The maximum Gasteiger partial charge on any atom is 0.288 e. The molecule has 1 aliphatic rings. The van der Waals surface area contributed by atoms with Crippen LogP contribution in [0.5, 0.6) is 0 Å². The number of hydrogen-bond donors (Lipinski definition) is 0. The zero-order chi connectivity index (χ0) is 15.6. The maximum absolute atomic E-state index is 12.1. The summed E-state index contributed by atoms with van der Waals surface area (Å²) >= 11 is 12.0. The van der Waals surface area contributed by atoms with Gasteiger partial charge in [0, 0.05) is 12.6 Å². The minimum atomic E-state index is -0.567. The number of thioether (sulfide) groups is 1. The van der Waals surface area contributed by atoms with Gasteiger partial charge in [0.15, 0.2) is 0 Å². The van der Waals surface area contributed by atoms with Crippen LogP contribution in [0.3, 0.4) is 0 Å². The molecule has 0 spiro atoms. The fourth-order valence-electron chi connectivity index (χ4n) is 1.70. The van der Waals surface area contributed by atoms with E-state index in [4.69, 9.17) is 23.8 Å². The highest BCUT2D eigenvalue weighted by molar-refractivity contribution is 8.26. The van der Waals surface area contributed by atoms with E-state index in [1.165, 1.54) is 17.0 Å². The van der Waals surface area contributed by atoms with Crippen LogP contribution in [0.1, 0.15) is 5.56 Å². The second kappa shape index (κ2) is 6.38. The molecule has 1 amide bonds. The number of hydrogen-bond acceptors (Lipinski definition) is 5. The Morgan fingerprint density at radius 2 is 2.24 bits per heavy atom. The van der Waals surface area contributed by atoms with Gasteiger partial charge in [-0.1, -0.05) is 47.7 Å². The third-order valence-electron chi connectivity index (χ3n) is 2.65. The fraction of sp³-hybridized carbons (Fsp3) is 0.0769. The zero-order valence-electron chi connectivity index (χ0n) is 10.6. The smallest absolute Gasteiger partial charge is 0.288 e. The molecule has 1 heterocycles. The molecule has 0 saturated carbocycles. The first kappa shape index (κ1) is 15.7. The first-order valence-electron chi connectivity index (χ1n) is 5.74. The van der Waals surface area contributed by atoms with Gasteiger partial charge in [-0.15, -0.1) is 6.58 Å². The number of benzene rings is 1. The minimum absolute atomic E-state index is 0.0522. The van der Waals surface area contributed by atoms with Gasteiger partial charge in [-0.05, 0) is 17.7 Å². The molecule has 108 valence electrons. The van der Waals surface area contributed by atoms with Crippen molar-refractivity contribution in [1.82, 2.24) is 4.90 Å². The molecule has 0 atom stereocenters. The highest BCUT2D eigenvalue weighted by Crippen LogP contribution is 2.33. The predicted molar refractivity (Wildman–Crippen MR) is 88.2 cm³/mol. The number of carbonyl (C=O) groups is 1. The Morgan fingerprint density at radius 3 is 2.86 bits per heavy atom. The van der Waals surface area contributed by atoms with Gasteiger partial charge in [-0.2, -0.15) is 0 Å². The Labute approximate surface area is 135 Å². The molecule has 2 rings (SSSR count). The Hall–Kier alpha value is -1.70. The van der Waals surface area contributed by atoms with Gasteiger partial charge >= 0.3 is 0 Å². The average molecular weight is 341 g/mol. The van der Waals surface area contributed by atoms with Crippen LogP contribution < -0.4 is 0 Å². The van der Waals surface area contributed by atoms with E-state index in [1.54, 1.807) is 18.2 Å². The van der Waals surface area contributed by atoms with Crippen molar-refractivity contribution in [3.8, 4) is 0 Å². The highest BCUT2D eigenvalue weighted by atomic mass is 35.5. The molecule has 0 bridgehead atoms. The summed E-state index contributed by atoms with van der Waals surface area (Å²) in [4.78, 5) is 24.3. The highest BCUT2D eigenvalue weighted by Gasteiger charge is 2.31. The zero-order valence-corrected chi connectivity index (χ0v) is 13.0. The number of nitro benzene ring substituents is 1. The lowest BCUT2D eigenvalue weighted by Crippen LogP contribution is -2.27. The molecule has 1 aromatic rings. The fourth-order valence-corrected chi connectivity index (χ4v) is 3.16. The molecular formula is C13H9ClN2O3S2. The van der Waals surface area contributed by atoms with E-state index in [0.717, 1.165) is 11.8 Å². The molecule has 8 heteroatoms. The summed E-state index contributed by atoms with van der Waals surface area (Å²) in [7, 11) is 0. The van der Waals surface area contributed by atoms with Crippen molar-refractivity contribution in [2.24, 2.45) is 0 Å². The van der Waals surface area contributed by atoms with Crippen molar-refractivity contribution in [2.75, 3.05) is 6.54 Å². The molecule has 1 fully saturated rings. The van der Waals surface area contributed by atoms with Gasteiger partial charge in [-0.3, -0.25) is 19.8 Å². The lowest BCUT2D eigenvalue weighted by molar-refractivity contribution is -0.384. The van der Waals surface area contributed by atoms with Crippen LogP contribution >= 0.6 is 35.6 Å². The summed E-state index contributed by atoms with van der Waals surface area (Å²) in [5.74, 6) is -0.234. The number of nitro groups is 1. The van der Waals surface area contributed by atoms with E-state index in [-0.39, 0.29) is 16.6 Å². The Kier molecular flexibility index (Phi) is 4.76. The van der Waals surface area contributed by atoms with E-state index in [2.05, 4.69) is 6.58 Å². The van der Waals surface area contributed by atoms with Crippen LogP contribution in [0, 0.1) is 10.1 Å². The molecule has 1 aliphatic heterocycles. The van der Waals surface area contributed by atoms with Gasteiger partial charge in [0.2, 0.25) is 0 Å². The molecule has 0 radical (unpaired) electrons. The van der Waals surface area contributed by atoms with Crippen molar-refractivity contribution >= 4 is 57.6 Å². The summed E-state index contributed by atoms with van der Waals surface area (Å²) < 4.78 is 0.439. The number of thiocarbonyl (C=S) groups is 1. The Bertz CT molecular complexity index is 688. The monoisotopic (exact) mass is 340 g/mol. The number of nitrogens with zero attached hydrogens (tertiary/aromatic N) is 2. The van der Waals surface area contributed by atoms with Gasteiger partial charge in [0.1, 0.15) is 9.34 Å². The molecule has 5 nitrogen and oxygen atoms in total. The third kappa shape index (κ3) is 3.31. The van der Waals surface area contributed by atoms with Crippen molar-refractivity contribution in [2.45, 2.75) is 0 Å². The first-order chi connectivity index (χ1) is 9.93. The van der Waals surface area contributed by atoms with Gasteiger partial charge in [0.25, 0.3) is 11.6 Å². The SMILES string of the molecule is C=CCN1C(=O)/C(=C/c2ccc(Cl)c([N+](=O)[O-])c2)SC1=S. The number of amides is 1. The van der Waals surface area contributed by atoms with Gasteiger partial charge in [-0.25, -0.2) is 0 Å². The van der Waals surface area contributed by atoms with Crippen molar-refractivity contribution in [3.63, 3.8) is 0 Å². The third-order valence-corrected chi connectivity index (χ3v) is 4.35. The summed E-state index contributed by atoms with van der Waals surface area (Å²) in [6.07, 6.45) is 3.15. The molecule has 1 saturated heterocycles. The topological polar surface area (TPSA) is 63.5 Å². The molecular weight excluding hydrogens is 332 g/mol. The Balaban J connectivity index is 2.35. The van der Waals surface area contributed by atoms with E-state index in [1.807, 2.05) is 0 Å². The normalized spacial score (nSPS) is 16.6. The standard InChI is InChI=1S/C13H9ClN2O3S2/c1-2-5-15-12(17)11(21-13(15)20)7-8-3-4-9(14)10(6-8)16(18)19/h2-4,6-7H,1,5H2/b11-7-. The summed E-state index contributed by atoms with van der Waals surface area (Å²) in [6.45, 7) is 3.91. The molecule has 0 aliphatic carbocycles. The molecule has 0 aromatic heterocycles. The summed E-state index contributed by atoms with van der Waals surface area (Å²) in [5, 5.41) is 10.9. The largest absolute Gasteiger partial charge is 0.289 e. The molecule has 0 unspecified atom stereocenters. The van der Waals surface area contributed by atoms with Crippen molar-refractivity contribution in [1.29, 1.82) is 0 Å². The second-order valence-electron chi connectivity index (χ2n) is 4.05. The number of halogens is 1. The van der Waals surface area contributed by atoms with E-state index in [9.17, 15) is 14.9 Å². The Morgan fingerprint density at radius 1 is 1.52 bits per heavy atom. The van der Waals surface area contributed by atoms with E-state index >= 15 is 0 Å². The lowest BCUT2D eigenvalue weighted by atomic mass is 10.2. The van der Waals surface area contributed by atoms with E-state index < -0.39 is 4.92 Å². The first-order valence-corrected chi connectivity index (χ1v) is 7.34. The molecule has 0 N–H and O–H groups in total. The van der Waals surface area contributed by atoms with Gasteiger partial charge < -0.3 is 0 Å². The minimum Gasteiger partial charge on any atom is -0.289 e. The van der Waals surface area contributed by atoms with Crippen LogP contribution in [0.4, 0.5) is 5.69 Å². The summed E-state index contributed by atoms with van der Waals surface area (Å²) in [5.41, 5.74) is 0.317. The quantitative estimate of drug-likeness (QED) is 0.275. The average Bonchev–Trinajstić information content (AvgIpc) is 2.69. The number of carbonyl (C=O) groups excluding carboxylic acids is 1. The van der Waals surface area contributed by atoms with E-state index in [0.29, 0.717) is 21.3 Å². The van der Waals surface area contributed by atoms with Crippen molar-refractivity contribution in [3.05, 3.63) is 56.5 Å². The molecule has 1 aromatic carbocycles. The van der Waals surface area contributed by atoms with Crippen LogP contribution in [0.15, 0.2) is 35.8 Å². The second-order valence-corrected chi connectivity index (χ2v) is 6.13. The van der Waals surface area contributed by atoms with Crippen LogP contribution in [0.25, 0.3) is 6.08 Å². The molecule has 21 heavy (non-hydrogen) atoms. The number of rotatable bonds is 4. The maximum atomic E-state index is 12.1. The van der Waals surface area contributed by atoms with Crippen LogP contribution in [-0.2, 0) is 4.79 Å². The predicted octanol–water partition coefficient (Wildman–Crippen LogP) is 3.64. The van der Waals surface area contributed by atoms with Gasteiger partial charge in [0.05, 0.1) is 9.83 Å².